The van der Waals surface area contributed by atoms with E-state index >= 15 is 0 Å². The molecular weight excluding hydrogens is 278 g/mol. The van der Waals surface area contributed by atoms with Crippen LogP contribution in [0.3, 0.4) is 0 Å². The molecule has 6 nitrogen and oxygen atoms in total. The molecule has 0 spiro atoms. The lowest BCUT2D eigenvalue weighted by molar-refractivity contribution is 0.381. The standard InChI is InChI=1S/C6H6BrNO.H2O4S/c1-4-3-8-6(9)2-5(4)7;1-5(2,3)4/h2-3H,1H3,(H,8,9);(H2,1,2,3,4). The number of aromatic amines is 1. The van der Waals surface area contributed by atoms with Crippen LogP contribution in [0.25, 0.3) is 0 Å². The fourth-order valence-electron chi connectivity index (χ4n) is 0.519. The van der Waals surface area contributed by atoms with E-state index in [4.69, 9.17) is 17.5 Å². The van der Waals surface area contributed by atoms with E-state index in [0.717, 1.165) is 10.0 Å². The van der Waals surface area contributed by atoms with Crippen LogP contribution in [0, 0.1) is 6.92 Å². The number of hydrogen-bond donors (Lipinski definition) is 3. The Morgan fingerprint density at radius 1 is 1.43 bits per heavy atom. The summed E-state index contributed by atoms with van der Waals surface area (Å²) in [5.41, 5.74) is 0.960. The van der Waals surface area contributed by atoms with Crippen LogP contribution in [0.2, 0.25) is 0 Å². The summed E-state index contributed by atoms with van der Waals surface area (Å²) in [6.45, 7) is 1.92. The zero-order valence-electron chi connectivity index (χ0n) is 7.06. The highest BCUT2D eigenvalue weighted by atomic mass is 79.9. The van der Waals surface area contributed by atoms with Gasteiger partial charge in [-0.25, -0.2) is 0 Å². The third kappa shape index (κ3) is 7.92. The second kappa shape index (κ2) is 5.25. The third-order valence-corrected chi connectivity index (χ3v) is 1.92. The number of aromatic nitrogens is 1. The Kier molecular flexibility index (Phi) is 4.99. The van der Waals surface area contributed by atoms with Crippen molar-refractivity contribution in [3.05, 3.63) is 32.7 Å². The average molecular weight is 286 g/mol. The minimum absolute atomic E-state index is 0.0764. The molecule has 0 bridgehead atoms. The molecule has 0 amide bonds. The van der Waals surface area contributed by atoms with E-state index in [0.29, 0.717) is 0 Å². The Morgan fingerprint density at radius 3 is 2.14 bits per heavy atom. The Balaban J connectivity index is 0.000000292. The molecule has 8 heteroatoms. The van der Waals surface area contributed by atoms with Gasteiger partial charge < -0.3 is 4.98 Å². The highest BCUT2D eigenvalue weighted by Crippen LogP contribution is 2.09. The number of rotatable bonds is 0. The van der Waals surface area contributed by atoms with Gasteiger partial charge in [0.15, 0.2) is 0 Å². The van der Waals surface area contributed by atoms with Crippen molar-refractivity contribution in [2.75, 3.05) is 0 Å². The van der Waals surface area contributed by atoms with Crippen LogP contribution in [0.1, 0.15) is 5.56 Å². The summed E-state index contributed by atoms with van der Waals surface area (Å²) >= 11 is 3.23. The predicted molar refractivity (Wildman–Crippen MR) is 53.7 cm³/mol. The molecule has 0 atom stereocenters. The molecule has 0 aliphatic heterocycles. The molecule has 14 heavy (non-hydrogen) atoms. The molecule has 3 N–H and O–H groups in total. The molecule has 0 aliphatic rings. The van der Waals surface area contributed by atoms with Gasteiger partial charge in [-0.05, 0) is 12.5 Å². The van der Waals surface area contributed by atoms with Crippen LogP contribution >= 0.6 is 15.9 Å². The maximum absolute atomic E-state index is 10.6. The molecule has 0 radical (unpaired) electrons. The summed E-state index contributed by atoms with van der Waals surface area (Å²) in [7, 11) is -4.67. The van der Waals surface area contributed by atoms with Gasteiger partial charge in [-0.2, -0.15) is 8.42 Å². The first-order valence-electron chi connectivity index (χ1n) is 3.25. The summed E-state index contributed by atoms with van der Waals surface area (Å²) < 4.78 is 32.4. The molecule has 0 unspecified atom stereocenters. The Morgan fingerprint density at radius 2 is 1.86 bits per heavy atom. The lowest BCUT2D eigenvalue weighted by Gasteiger charge is -1.91. The third-order valence-electron chi connectivity index (χ3n) is 1.07. The topological polar surface area (TPSA) is 107 Å². The van der Waals surface area contributed by atoms with Gasteiger partial charge in [0, 0.05) is 16.7 Å². The molecule has 0 fully saturated rings. The Labute approximate surface area is 88.7 Å². The molecule has 0 saturated heterocycles. The zero-order valence-corrected chi connectivity index (χ0v) is 9.46. The van der Waals surface area contributed by atoms with E-state index in [-0.39, 0.29) is 5.56 Å². The van der Waals surface area contributed by atoms with Crippen molar-refractivity contribution >= 4 is 26.3 Å². The lowest BCUT2D eigenvalue weighted by Crippen LogP contribution is -2.02. The first kappa shape index (κ1) is 13.3. The van der Waals surface area contributed by atoms with Crippen molar-refractivity contribution in [2.45, 2.75) is 6.92 Å². The van der Waals surface area contributed by atoms with Crippen LogP contribution in [-0.4, -0.2) is 22.5 Å². The highest BCUT2D eigenvalue weighted by Gasteiger charge is 1.91. The maximum atomic E-state index is 10.6. The van der Waals surface area contributed by atoms with Crippen molar-refractivity contribution in [3.8, 4) is 0 Å². The van der Waals surface area contributed by atoms with Gasteiger partial charge in [-0.3, -0.25) is 13.9 Å². The van der Waals surface area contributed by atoms with Crippen LogP contribution < -0.4 is 5.56 Å². The molecule has 0 aromatic carbocycles. The minimum Gasteiger partial charge on any atom is -0.329 e. The van der Waals surface area contributed by atoms with Crippen LogP contribution in [-0.2, 0) is 10.4 Å². The fourth-order valence-corrected chi connectivity index (χ4v) is 0.841. The second-order valence-electron chi connectivity index (χ2n) is 2.28. The largest absolute Gasteiger partial charge is 0.394 e. The van der Waals surface area contributed by atoms with Gasteiger partial charge in [0.25, 0.3) is 0 Å². The molecule has 0 saturated carbocycles. The average Bonchev–Trinajstić information content (AvgIpc) is 1.94. The number of nitrogens with one attached hydrogen (secondary N) is 1. The van der Waals surface area contributed by atoms with Gasteiger partial charge in [-0.15, -0.1) is 0 Å². The molecule has 1 heterocycles. The summed E-state index contributed by atoms with van der Waals surface area (Å²) in [6, 6.07) is 1.51. The molecule has 80 valence electrons. The highest BCUT2D eigenvalue weighted by molar-refractivity contribution is 9.10. The van der Waals surface area contributed by atoms with E-state index in [2.05, 4.69) is 20.9 Å². The lowest BCUT2D eigenvalue weighted by atomic mass is 10.3. The molecule has 1 aromatic rings. The molecular formula is C6H8BrNO5S. The first-order chi connectivity index (χ1) is 6.20. The summed E-state index contributed by atoms with van der Waals surface area (Å²) in [4.78, 5) is 13.1. The number of aryl methyl sites for hydroxylation is 1. The van der Waals surface area contributed by atoms with Gasteiger partial charge in [0.05, 0.1) is 0 Å². The Hall–Kier alpha value is -0.700. The van der Waals surface area contributed by atoms with Crippen LogP contribution in [0.4, 0.5) is 0 Å². The van der Waals surface area contributed by atoms with Gasteiger partial charge >= 0.3 is 10.4 Å². The van der Waals surface area contributed by atoms with Crippen molar-refractivity contribution in [2.24, 2.45) is 0 Å². The molecule has 0 aliphatic carbocycles. The first-order valence-corrected chi connectivity index (χ1v) is 5.44. The van der Waals surface area contributed by atoms with Crippen molar-refractivity contribution in [1.82, 2.24) is 4.98 Å². The zero-order chi connectivity index (χ0) is 11.4. The predicted octanol–water partition coefficient (Wildman–Crippen LogP) is 0.793. The van der Waals surface area contributed by atoms with Crippen LogP contribution in [0.5, 0.6) is 0 Å². The molecule has 1 rings (SSSR count). The quantitative estimate of drug-likeness (QED) is 0.611. The number of H-pyrrole nitrogens is 1. The van der Waals surface area contributed by atoms with Gasteiger partial charge in [0.2, 0.25) is 5.56 Å². The van der Waals surface area contributed by atoms with Crippen molar-refractivity contribution in [1.29, 1.82) is 0 Å². The minimum atomic E-state index is -4.67. The maximum Gasteiger partial charge on any atom is 0.394 e. The van der Waals surface area contributed by atoms with Gasteiger partial charge in [0.1, 0.15) is 0 Å². The molecule has 1 aromatic heterocycles. The fraction of sp³-hybridized carbons (Fsp3) is 0.167. The smallest absolute Gasteiger partial charge is 0.329 e. The van der Waals surface area contributed by atoms with E-state index in [1.54, 1.807) is 6.20 Å². The Bertz CT molecular complexity index is 444. The monoisotopic (exact) mass is 285 g/mol. The second-order valence-corrected chi connectivity index (χ2v) is 4.03. The number of pyridine rings is 1. The summed E-state index contributed by atoms with van der Waals surface area (Å²) in [5.74, 6) is 0. The number of hydrogen-bond acceptors (Lipinski definition) is 3. The van der Waals surface area contributed by atoms with Gasteiger partial charge in [-0.1, -0.05) is 15.9 Å². The van der Waals surface area contributed by atoms with Crippen molar-refractivity contribution in [3.63, 3.8) is 0 Å². The summed E-state index contributed by atoms with van der Waals surface area (Å²) in [5, 5.41) is 0. The van der Waals surface area contributed by atoms with E-state index < -0.39 is 10.4 Å². The number of halogens is 1. The van der Waals surface area contributed by atoms with Crippen LogP contribution in [0.15, 0.2) is 21.5 Å². The SMILES string of the molecule is Cc1c[nH]c(=O)cc1Br.O=S(=O)(O)O. The normalized spacial score (nSPS) is 10.3. The van der Waals surface area contributed by atoms with E-state index in [1.807, 2.05) is 6.92 Å². The van der Waals surface area contributed by atoms with E-state index in [9.17, 15) is 4.79 Å². The van der Waals surface area contributed by atoms with Crippen molar-refractivity contribution < 1.29 is 17.5 Å². The van der Waals surface area contributed by atoms with E-state index in [1.165, 1.54) is 6.07 Å². The summed E-state index contributed by atoms with van der Waals surface area (Å²) in [6.07, 6.45) is 1.67.